The van der Waals surface area contributed by atoms with Crippen molar-refractivity contribution in [3.05, 3.63) is 206 Å². The summed E-state index contributed by atoms with van der Waals surface area (Å²) in [7, 11) is 0. The highest BCUT2D eigenvalue weighted by molar-refractivity contribution is 7.26. The molecule has 57 heavy (non-hydrogen) atoms. The number of hydrogen-bond acceptors (Lipinski definition) is 1. The van der Waals surface area contributed by atoms with Crippen LogP contribution < -0.4 is 0 Å². The molecule has 3 heteroatoms. The number of hydrogen-bond donors (Lipinski definition) is 0. The lowest BCUT2D eigenvalue weighted by molar-refractivity contribution is 1.18. The van der Waals surface area contributed by atoms with E-state index in [-0.39, 0.29) is 115 Å². The fraction of sp³-hybridized carbons (Fsp3) is 0. The van der Waals surface area contributed by atoms with Gasteiger partial charge in [0, 0.05) is 58.7 Å². The largest absolute Gasteiger partial charge is 0.309 e. The molecule has 0 fully saturated rings. The van der Waals surface area contributed by atoms with Crippen molar-refractivity contribution in [2.45, 2.75) is 0 Å². The molecule has 0 aliphatic heterocycles. The summed E-state index contributed by atoms with van der Waals surface area (Å²) in [5, 5.41) is -0.986. The Morgan fingerprint density at radius 1 is 0.368 bits per heavy atom. The Labute approximate surface area is 366 Å². The molecule has 0 saturated heterocycles. The van der Waals surface area contributed by atoms with E-state index in [1.54, 1.807) is 30.3 Å². The molecule has 0 radical (unpaired) electrons. The molecule has 9 aromatic carbocycles. The summed E-state index contributed by atoms with van der Waals surface area (Å²) in [6, 6.07) is 3.74. The minimum absolute atomic E-state index is 0.0357. The van der Waals surface area contributed by atoms with Gasteiger partial charge in [0.05, 0.1) is 53.6 Å². The monoisotopic (exact) mass is 765 g/mol. The number of rotatable bonds is 5. The Morgan fingerprint density at radius 2 is 1.11 bits per heavy atom. The minimum Gasteiger partial charge on any atom is -0.309 e. The molecule has 0 spiro atoms. The summed E-state index contributed by atoms with van der Waals surface area (Å²) >= 11 is 0.749. The number of aromatic nitrogens is 2. The fourth-order valence-electron chi connectivity index (χ4n) is 7.50. The number of nitrogens with zero attached hydrogens (tertiary/aromatic N) is 2. The lowest BCUT2D eigenvalue weighted by Gasteiger charge is -2.12. The molecule has 266 valence electrons. The van der Waals surface area contributed by atoms with Gasteiger partial charge in [-0.2, -0.15) is 0 Å². The lowest BCUT2D eigenvalue weighted by Crippen LogP contribution is -1.95. The third kappa shape index (κ3) is 4.96. The summed E-state index contributed by atoms with van der Waals surface area (Å²) in [4.78, 5) is 0. The van der Waals surface area contributed by atoms with Gasteiger partial charge >= 0.3 is 0 Å². The summed E-state index contributed by atoms with van der Waals surface area (Å²) in [6.07, 6.45) is 0. The molecule has 0 saturated carbocycles. The summed E-state index contributed by atoms with van der Waals surface area (Å²) in [6.45, 7) is 0. The maximum Gasteiger partial charge on any atom is 0.0660 e. The van der Waals surface area contributed by atoms with Crippen molar-refractivity contribution >= 4 is 75.1 Å². The van der Waals surface area contributed by atoms with Crippen LogP contribution in [0.15, 0.2) is 206 Å². The van der Waals surface area contributed by atoms with Crippen LogP contribution in [0.2, 0.25) is 0 Å². The zero-order chi connectivity index (χ0) is 57.5. The van der Waals surface area contributed by atoms with E-state index < -0.39 is 127 Å². The van der Waals surface area contributed by atoms with Crippen LogP contribution in [0.5, 0.6) is 0 Å². The van der Waals surface area contributed by atoms with Gasteiger partial charge in [-0.15, -0.1) is 11.3 Å². The van der Waals surface area contributed by atoms with E-state index in [9.17, 15) is 13.7 Å². The molecule has 2 nitrogen and oxygen atoms in total. The molecule has 0 bridgehead atoms. The quantitative estimate of drug-likeness (QED) is 0.165. The van der Waals surface area contributed by atoms with Crippen LogP contribution in [0.1, 0.15) is 31.5 Å². The molecule has 12 aromatic rings. The fourth-order valence-corrected chi connectivity index (χ4v) is 8.52. The van der Waals surface area contributed by atoms with Gasteiger partial charge in [0.25, 0.3) is 0 Å². The van der Waals surface area contributed by atoms with Crippen LogP contribution >= 0.6 is 11.3 Å². The highest BCUT2D eigenvalue weighted by atomic mass is 32.1. The molecule has 0 aliphatic rings. The zero-order valence-electron chi connectivity index (χ0n) is 52.2. The zero-order valence-corrected chi connectivity index (χ0v) is 30.0. The van der Waals surface area contributed by atoms with Gasteiger partial charge in [0.2, 0.25) is 0 Å². The smallest absolute Gasteiger partial charge is 0.0660 e. The highest BCUT2D eigenvalue weighted by Gasteiger charge is 2.19. The standard InChI is InChI=1S/C54H34N2S/c1-3-13-35(14-4-1)36-25-27-37(28-26-36)41-19-12-24-51-53(41)46-31-30-40(34-52(46)57-51)55-48-22-9-8-18-44(48)47-33-38(29-32-50(47)55)42-20-11-21-45-43-17-7-10-23-49(43)56(54(42)45)39-15-5-2-6-16-39/h1-34H/i3D,4D,7D,8D,9D,10D,11D,12D,17D,18D,19D,20D,21D,22D,23D,24D,25D,26D,27D,30D,31D,33D,34D. The Bertz CT molecular complexity index is 4850. The average molecular weight is 766 g/mol. The van der Waals surface area contributed by atoms with Crippen molar-refractivity contribution in [1.82, 2.24) is 9.13 Å². The van der Waals surface area contributed by atoms with Crippen LogP contribution in [0.4, 0.5) is 0 Å². The van der Waals surface area contributed by atoms with Crippen molar-refractivity contribution in [3.63, 3.8) is 0 Å². The van der Waals surface area contributed by atoms with E-state index >= 15 is 0 Å². The summed E-state index contributed by atoms with van der Waals surface area (Å²) < 4.78 is 212. The third-order valence-electron chi connectivity index (χ3n) is 9.97. The Kier molecular flexibility index (Phi) is 3.75. The van der Waals surface area contributed by atoms with Gasteiger partial charge in [-0.25, -0.2) is 0 Å². The van der Waals surface area contributed by atoms with Crippen LogP contribution in [-0.2, 0) is 0 Å². The van der Waals surface area contributed by atoms with E-state index in [4.69, 9.17) is 17.8 Å². The molecule has 0 N–H and O–H groups in total. The predicted molar refractivity (Wildman–Crippen MR) is 244 cm³/mol. The Balaban J connectivity index is 1.19. The van der Waals surface area contributed by atoms with Gasteiger partial charge in [-0.05, 0) is 82.3 Å². The normalized spacial score (nSPS) is 17.5. The van der Waals surface area contributed by atoms with Crippen molar-refractivity contribution in [1.29, 1.82) is 0 Å². The first kappa shape index (κ1) is 16.9. The van der Waals surface area contributed by atoms with E-state index in [1.165, 1.54) is 41.0 Å². The predicted octanol–water partition coefficient (Wildman–Crippen LogP) is 15.2. The summed E-state index contributed by atoms with van der Waals surface area (Å²) in [5.74, 6) is 0. The molecule has 0 amide bonds. The van der Waals surface area contributed by atoms with Crippen LogP contribution in [0, 0.1) is 0 Å². The Morgan fingerprint density at radius 3 is 1.96 bits per heavy atom. The first-order chi connectivity index (χ1) is 37.8. The van der Waals surface area contributed by atoms with Crippen molar-refractivity contribution in [2.24, 2.45) is 0 Å². The van der Waals surface area contributed by atoms with E-state index in [0.717, 1.165) is 15.9 Å². The molecule has 3 aromatic heterocycles. The second-order valence-electron chi connectivity index (χ2n) is 13.1. The second kappa shape index (κ2) is 12.7. The van der Waals surface area contributed by atoms with Gasteiger partial charge in [0.15, 0.2) is 0 Å². The topological polar surface area (TPSA) is 9.86 Å². The number of benzene rings is 9. The van der Waals surface area contributed by atoms with Gasteiger partial charge in [0.1, 0.15) is 0 Å². The molecule has 12 rings (SSSR count). The third-order valence-corrected chi connectivity index (χ3v) is 11.0. The average Bonchev–Trinajstić information content (AvgIpc) is 2.12. The van der Waals surface area contributed by atoms with Crippen LogP contribution in [-0.4, -0.2) is 9.13 Å². The lowest BCUT2D eigenvalue weighted by atomic mass is 9.97. The minimum atomic E-state index is -0.737. The van der Waals surface area contributed by atoms with Gasteiger partial charge in [-0.3, -0.25) is 0 Å². The van der Waals surface area contributed by atoms with Crippen molar-refractivity contribution in [3.8, 4) is 44.8 Å². The maximum absolute atomic E-state index is 10.1. The molecule has 3 heterocycles. The number of fused-ring (bicyclic) bond motifs is 9. The maximum atomic E-state index is 10.1. The van der Waals surface area contributed by atoms with E-state index in [0.29, 0.717) is 5.69 Å². The Hall–Kier alpha value is -7.20. The van der Waals surface area contributed by atoms with Crippen LogP contribution in [0.25, 0.3) is 109 Å². The number of para-hydroxylation sites is 4. The van der Waals surface area contributed by atoms with E-state index in [1.807, 2.05) is 0 Å². The van der Waals surface area contributed by atoms with Crippen molar-refractivity contribution in [2.75, 3.05) is 0 Å². The van der Waals surface area contributed by atoms with Crippen LogP contribution in [0.3, 0.4) is 0 Å². The summed E-state index contributed by atoms with van der Waals surface area (Å²) in [5.41, 5.74) is -1.32. The molecular formula is C54H34N2S. The second-order valence-corrected chi connectivity index (χ2v) is 14.1. The number of thiophene rings is 1. The molecule has 0 aliphatic carbocycles. The van der Waals surface area contributed by atoms with Gasteiger partial charge < -0.3 is 9.13 Å². The highest BCUT2D eigenvalue weighted by Crippen LogP contribution is 2.44. The first-order valence-electron chi connectivity index (χ1n) is 29.1. The van der Waals surface area contributed by atoms with Crippen molar-refractivity contribution < 1.29 is 31.5 Å². The molecule has 0 atom stereocenters. The molecule has 0 unspecified atom stereocenters. The molecular weight excluding hydrogens is 709 g/mol. The van der Waals surface area contributed by atoms with E-state index in [2.05, 4.69) is 0 Å². The first-order valence-corrected chi connectivity index (χ1v) is 18.4. The SMILES string of the molecule is [2H]c1cc([2H])cc(-c2c([2H])cc(-c3c([2H])c([2H])c([2H])c4sc5c([2H])c(-n6c7ccc(-c8c([2H])c([2H])c([2H])c9c%10c([2H])c([2H])c([2H])c([2H])c%10n(-c%10ccccc%10)c89)c([2H])c7c7c([2H])c([2H])c([2H])c([2H])c76)c([2H])c([2H])c5c34)c([2H])c2[2H])c1. The van der Waals surface area contributed by atoms with Gasteiger partial charge in [-0.1, -0.05) is 151 Å².